The fourth-order valence-corrected chi connectivity index (χ4v) is 2.01. The molecule has 0 saturated heterocycles. The summed E-state index contributed by atoms with van der Waals surface area (Å²) in [6.45, 7) is 1.81. The van der Waals surface area contributed by atoms with Gasteiger partial charge >= 0.3 is 0 Å². The van der Waals surface area contributed by atoms with E-state index in [9.17, 15) is 4.79 Å². The Kier molecular flexibility index (Phi) is 7.09. The molecular weight excluding hydrogens is 258 g/mol. The zero-order chi connectivity index (χ0) is 14.1. The Morgan fingerprint density at radius 3 is 3.00 bits per heavy atom. The lowest BCUT2D eigenvalue weighted by molar-refractivity contribution is -0.121. The number of rotatable bonds is 5. The molecule has 0 aliphatic carbocycles. The summed E-state index contributed by atoms with van der Waals surface area (Å²) < 4.78 is 0. The van der Waals surface area contributed by atoms with Crippen LogP contribution in [0.25, 0.3) is 0 Å². The Bertz CT molecular complexity index is 477. The average molecular weight is 277 g/mol. The predicted octanol–water partition coefficient (Wildman–Crippen LogP) is 1.96. The lowest BCUT2D eigenvalue weighted by Gasteiger charge is -2.14. The van der Waals surface area contributed by atoms with Gasteiger partial charge in [-0.3, -0.25) is 4.79 Å². The van der Waals surface area contributed by atoms with Crippen LogP contribution in [0.3, 0.4) is 0 Å². The van der Waals surface area contributed by atoms with E-state index < -0.39 is 0 Å². The molecule has 1 unspecified atom stereocenters. The Morgan fingerprint density at radius 2 is 2.32 bits per heavy atom. The molecule has 0 fully saturated rings. The molecular formula is C15H19NO2S. The standard InChI is InChI=1S/C15H19NO2S/c1-12(16-15(18)8-10-19-2)14-7-3-5-13(11-14)6-4-9-17/h3,5,7,11-12,17H,8-10H2,1-2H3,(H,16,18). The maximum Gasteiger partial charge on any atom is 0.221 e. The van der Waals surface area contributed by atoms with E-state index in [0.717, 1.165) is 16.9 Å². The highest BCUT2D eigenvalue weighted by atomic mass is 32.2. The minimum atomic E-state index is -0.148. The first-order valence-electron chi connectivity index (χ1n) is 6.15. The molecule has 19 heavy (non-hydrogen) atoms. The number of aliphatic hydroxyl groups is 1. The largest absolute Gasteiger partial charge is 0.384 e. The summed E-state index contributed by atoms with van der Waals surface area (Å²) in [5.41, 5.74) is 1.86. The van der Waals surface area contributed by atoms with Crippen LogP contribution in [0, 0.1) is 11.8 Å². The highest BCUT2D eigenvalue weighted by Crippen LogP contribution is 2.14. The van der Waals surface area contributed by atoms with Gasteiger partial charge in [0.05, 0.1) is 6.04 Å². The quantitative estimate of drug-likeness (QED) is 0.809. The van der Waals surface area contributed by atoms with Gasteiger partial charge in [-0.15, -0.1) is 0 Å². The molecule has 4 heteroatoms. The zero-order valence-corrected chi connectivity index (χ0v) is 12.1. The van der Waals surface area contributed by atoms with Crippen molar-refractivity contribution in [2.45, 2.75) is 19.4 Å². The van der Waals surface area contributed by atoms with Crippen molar-refractivity contribution in [3.63, 3.8) is 0 Å². The van der Waals surface area contributed by atoms with Crippen molar-refractivity contribution in [2.75, 3.05) is 18.6 Å². The Balaban J connectivity index is 2.66. The van der Waals surface area contributed by atoms with Gasteiger partial charge in [0, 0.05) is 17.7 Å². The number of carbonyl (C=O) groups excluding carboxylic acids is 1. The van der Waals surface area contributed by atoms with E-state index in [1.165, 1.54) is 0 Å². The van der Waals surface area contributed by atoms with E-state index in [1.54, 1.807) is 11.8 Å². The van der Waals surface area contributed by atoms with Crippen LogP contribution in [0.1, 0.15) is 30.5 Å². The van der Waals surface area contributed by atoms with Crippen molar-refractivity contribution < 1.29 is 9.90 Å². The summed E-state index contributed by atoms with van der Waals surface area (Å²) in [6, 6.07) is 7.65. The number of carbonyl (C=O) groups is 1. The van der Waals surface area contributed by atoms with Crippen molar-refractivity contribution in [3.05, 3.63) is 35.4 Å². The van der Waals surface area contributed by atoms with Crippen LogP contribution < -0.4 is 5.32 Å². The lowest BCUT2D eigenvalue weighted by Crippen LogP contribution is -2.26. The van der Waals surface area contributed by atoms with Gasteiger partial charge in [0.25, 0.3) is 0 Å². The molecule has 0 aliphatic heterocycles. The number of amides is 1. The van der Waals surface area contributed by atoms with Crippen molar-refractivity contribution in [1.29, 1.82) is 0 Å². The molecule has 1 amide bonds. The molecule has 0 aromatic heterocycles. The number of aliphatic hydroxyl groups excluding tert-OH is 1. The molecule has 1 aromatic carbocycles. The summed E-state index contributed by atoms with van der Waals surface area (Å²) in [6.07, 6.45) is 2.52. The first-order chi connectivity index (χ1) is 9.17. The second-order valence-corrected chi connectivity index (χ2v) is 5.10. The average Bonchev–Trinajstić information content (AvgIpc) is 2.43. The summed E-state index contributed by atoms with van der Waals surface area (Å²) in [7, 11) is 0. The zero-order valence-electron chi connectivity index (χ0n) is 11.3. The van der Waals surface area contributed by atoms with Crippen molar-refractivity contribution in [1.82, 2.24) is 5.32 Å². The third-order valence-electron chi connectivity index (χ3n) is 2.61. The molecule has 0 bridgehead atoms. The molecule has 0 heterocycles. The van der Waals surface area contributed by atoms with E-state index in [0.29, 0.717) is 6.42 Å². The van der Waals surface area contributed by atoms with Gasteiger partial charge in [-0.1, -0.05) is 24.0 Å². The molecule has 3 nitrogen and oxygen atoms in total. The first-order valence-corrected chi connectivity index (χ1v) is 7.54. The van der Waals surface area contributed by atoms with E-state index in [4.69, 9.17) is 5.11 Å². The van der Waals surface area contributed by atoms with E-state index >= 15 is 0 Å². The predicted molar refractivity (Wildman–Crippen MR) is 80.0 cm³/mol. The SMILES string of the molecule is CSCCC(=O)NC(C)c1cccc(C#CCO)c1. The molecule has 0 radical (unpaired) electrons. The summed E-state index contributed by atoms with van der Waals surface area (Å²) >= 11 is 1.66. The van der Waals surface area contributed by atoms with Crippen LogP contribution in [0.4, 0.5) is 0 Å². The number of benzene rings is 1. The van der Waals surface area contributed by atoms with Crippen LogP contribution in [-0.2, 0) is 4.79 Å². The van der Waals surface area contributed by atoms with Gasteiger partial charge < -0.3 is 10.4 Å². The summed E-state index contributed by atoms with van der Waals surface area (Å²) in [4.78, 5) is 11.7. The van der Waals surface area contributed by atoms with Gasteiger partial charge in [0.2, 0.25) is 5.91 Å². The van der Waals surface area contributed by atoms with Crippen LogP contribution in [0.2, 0.25) is 0 Å². The lowest BCUT2D eigenvalue weighted by atomic mass is 10.1. The molecule has 1 rings (SSSR count). The van der Waals surface area contributed by atoms with Crippen molar-refractivity contribution in [3.8, 4) is 11.8 Å². The van der Waals surface area contributed by atoms with E-state index in [1.807, 2.05) is 37.4 Å². The highest BCUT2D eigenvalue weighted by molar-refractivity contribution is 7.98. The van der Waals surface area contributed by atoms with Crippen LogP contribution in [-0.4, -0.2) is 29.6 Å². The molecule has 0 aliphatic rings. The smallest absolute Gasteiger partial charge is 0.221 e. The second kappa shape index (κ2) is 8.63. The molecule has 0 saturated carbocycles. The minimum Gasteiger partial charge on any atom is -0.384 e. The maximum atomic E-state index is 11.7. The Morgan fingerprint density at radius 1 is 1.53 bits per heavy atom. The molecule has 2 N–H and O–H groups in total. The van der Waals surface area contributed by atoms with Crippen molar-refractivity contribution in [2.24, 2.45) is 0 Å². The van der Waals surface area contributed by atoms with Gasteiger partial charge in [-0.05, 0) is 30.9 Å². The Hall–Kier alpha value is -1.44. The number of hydrogen-bond donors (Lipinski definition) is 2. The number of nitrogens with one attached hydrogen (secondary N) is 1. The van der Waals surface area contributed by atoms with Crippen LogP contribution >= 0.6 is 11.8 Å². The molecule has 1 aromatic rings. The third kappa shape index (κ3) is 5.82. The molecule has 0 spiro atoms. The van der Waals surface area contributed by atoms with E-state index in [-0.39, 0.29) is 18.6 Å². The summed E-state index contributed by atoms with van der Waals surface area (Å²) in [5.74, 6) is 6.37. The van der Waals surface area contributed by atoms with Gasteiger partial charge in [-0.25, -0.2) is 0 Å². The fourth-order valence-electron chi connectivity index (χ4n) is 1.62. The van der Waals surface area contributed by atoms with Gasteiger partial charge in [0.15, 0.2) is 0 Å². The van der Waals surface area contributed by atoms with Gasteiger partial charge in [0.1, 0.15) is 6.61 Å². The van der Waals surface area contributed by atoms with Crippen molar-refractivity contribution >= 4 is 17.7 Å². The maximum absolute atomic E-state index is 11.7. The number of thioether (sulfide) groups is 1. The fraction of sp³-hybridized carbons (Fsp3) is 0.400. The second-order valence-electron chi connectivity index (χ2n) is 4.12. The Labute approximate surface area is 118 Å². The minimum absolute atomic E-state index is 0.0368. The number of hydrogen-bond acceptors (Lipinski definition) is 3. The van der Waals surface area contributed by atoms with Crippen LogP contribution in [0.15, 0.2) is 24.3 Å². The van der Waals surface area contributed by atoms with Gasteiger partial charge in [-0.2, -0.15) is 11.8 Å². The monoisotopic (exact) mass is 277 g/mol. The summed E-state index contributed by atoms with van der Waals surface area (Å²) in [5, 5.41) is 11.6. The molecule has 1 atom stereocenters. The van der Waals surface area contributed by atoms with E-state index in [2.05, 4.69) is 17.2 Å². The normalized spacial score (nSPS) is 11.3. The first kappa shape index (κ1) is 15.6. The van der Waals surface area contributed by atoms with Crippen LogP contribution in [0.5, 0.6) is 0 Å². The highest BCUT2D eigenvalue weighted by Gasteiger charge is 2.09. The molecule has 102 valence electrons. The third-order valence-corrected chi connectivity index (χ3v) is 3.22. The topological polar surface area (TPSA) is 49.3 Å².